The summed E-state index contributed by atoms with van der Waals surface area (Å²) in [6, 6.07) is 0. The Kier molecular flexibility index (Phi) is 6.20. The van der Waals surface area contributed by atoms with Gasteiger partial charge in [-0.1, -0.05) is 0 Å². The topological polar surface area (TPSA) is 89.7 Å². The summed E-state index contributed by atoms with van der Waals surface area (Å²) in [5.74, 6) is 0.131. The molecular formula is C11H22N2O4S. The molecule has 1 atom stereocenters. The smallest absolute Gasteiger partial charge is 0.211 e. The molecular weight excluding hydrogens is 256 g/mol. The zero-order valence-corrected chi connectivity index (χ0v) is 11.6. The fourth-order valence-electron chi connectivity index (χ4n) is 2.14. The number of nitrogens with zero attached hydrogens (tertiary/aromatic N) is 1. The molecule has 18 heavy (non-hydrogen) atoms. The molecule has 0 amide bonds. The number of piperidine rings is 1. The first-order valence-electron chi connectivity index (χ1n) is 6.18. The standard InChI is InChI=1S/C11H22N2O4S/c1-18(15,16)13-5-2-3-10(8-13)7-11(14)9-17-6-4-12/h10H,2-9,12H2,1H3. The van der Waals surface area contributed by atoms with Crippen LogP contribution in [-0.4, -0.2) is 57.6 Å². The summed E-state index contributed by atoms with van der Waals surface area (Å²) >= 11 is 0. The molecule has 1 aliphatic heterocycles. The van der Waals surface area contributed by atoms with E-state index in [1.165, 1.54) is 10.6 Å². The Morgan fingerprint density at radius 3 is 2.83 bits per heavy atom. The van der Waals surface area contributed by atoms with Crippen molar-refractivity contribution in [1.82, 2.24) is 4.31 Å². The predicted octanol–water partition coefficient (Wildman–Crippen LogP) is -0.407. The molecule has 1 fully saturated rings. The Hall–Kier alpha value is -0.500. The third-order valence-corrected chi connectivity index (χ3v) is 4.26. The number of nitrogens with two attached hydrogens (primary N) is 1. The summed E-state index contributed by atoms with van der Waals surface area (Å²) < 4.78 is 29.4. The molecule has 0 aliphatic carbocycles. The Balaban J connectivity index is 2.36. The fraction of sp³-hybridized carbons (Fsp3) is 0.909. The number of hydrogen-bond acceptors (Lipinski definition) is 5. The number of rotatable bonds is 7. The van der Waals surface area contributed by atoms with Crippen LogP contribution in [0, 0.1) is 5.92 Å². The highest BCUT2D eigenvalue weighted by molar-refractivity contribution is 7.88. The van der Waals surface area contributed by atoms with E-state index >= 15 is 0 Å². The highest BCUT2D eigenvalue weighted by Crippen LogP contribution is 2.21. The van der Waals surface area contributed by atoms with Gasteiger partial charge in [0.05, 0.1) is 12.9 Å². The molecule has 0 aromatic heterocycles. The lowest BCUT2D eigenvalue weighted by molar-refractivity contribution is -0.124. The normalized spacial score (nSPS) is 22.0. The Morgan fingerprint density at radius 1 is 1.50 bits per heavy atom. The summed E-state index contributed by atoms with van der Waals surface area (Å²) in [6.45, 7) is 1.87. The van der Waals surface area contributed by atoms with Crippen molar-refractivity contribution < 1.29 is 17.9 Å². The van der Waals surface area contributed by atoms with Crippen LogP contribution in [0.1, 0.15) is 19.3 Å². The molecule has 6 nitrogen and oxygen atoms in total. The minimum Gasteiger partial charge on any atom is -0.372 e. The van der Waals surface area contributed by atoms with Gasteiger partial charge in [-0.15, -0.1) is 0 Å². The van der Waals surface area contributed by atoms with Gasteiger partial charge in [-0.05, 0) is 18.8 Å². The number of Topliss-reactive ketones (excluding diaryl/α,β-unsaturated/α-hetero) is 1. The van der Waals surface area contributed by atoms with E-state index in [1.54, 1.807) is 0 Å². The SMILES string of the molecule is CS(=O)(=O)N1CCCC(CC(=O)COCCN)C1. The summed E-state index contributed by atoms with van der Waals surface area (Å²) in [6.07, 6.45) is 3.31. The van der Waals surface area contributed by atoms with Gasteiger partial charge in [0.2, 0.25) is 10.0 Å². The van der Waals surface area contributed by atoms with Crippen molar-refractivity contribution in [1.29, 1.82) is 0 Å². The number of carbonyl (C=O) groups is 1. The summed E-state index contributed by atoms with van der Waals surface area (Å²) in [4.78, 5) is 11.6. The van der Waals surface area contributed by atoms with Crippen molar-refractivity contribution in [3.63, 3.8) is 0 Å². The highest BCUT2D eigenvalue weighted by atomic mass is 32.2. The number of hydrogen-bond donors (Lipinski definition) is 1. The van der Waals surface area contributed by atoms with Crippen LogP contribution in [0.3, 0.4) is 0 Å². The minimum atomic E-state index is -3.14. The van der Waals surface area contributed by atoms with Crippen LogP contribution in [0.15, 0.2) is 0 Å². The van der Waals surface area contributed by atoms with Crippen LogP contribution in [-0.2, 0) is 19.6 Å². The average Bonchev–Trinajstić information content (AvgIpc) is 2.28. The Bertz CT molecular complexity index is 369. The summed E-state index contributed by atoms with van der Waals surface area (Å²) in [7, 11) is -3.14. The number of ketones is 1. The predicted molar refractivity (Wildman–Crippen MR) is 68.6 cm³/mol. The summed E-state index contributed by atoms with van der Waals surface area (Å²) in [5.41, 5.74) is 5.26. The van der Waals surface area contributed by atoms with Crippen molar-refractivity contribution in [2.45, 2.75) is 19.3 Å². The number of carbonyl (C=O) groups excluding carboxylic acids is 1. The van der Waals surface area contributed by atoms with Crippen LogP contribution in [0.5, 0.6) is 0 Å². The van der Waals surface area contributed by atoms with Gasteiger partial charge in [-0.3, -0.25) is 4.79 Å². The molecule has 0 saturated carbocycles. The van der Waals surface area contributed by atoms with Gasteiger partial charge in [0.1, 0.15) is 6.61 Å². The van der Waals surface area contributed by atoms with Crippen LogP contribution in [0.4, 0.5) is 0 Å². The van der Waals surface area contributed by atoms with Crippen LogP contribution in [0.25, 0.3) is 0 Å². The van der Waals surface area contributed by atoms with Crippen molar-refractivity contribution in [3.05, 3.63) is 0 Å². The number of sulfonamides is 1. The van der Waals surface area contributed by atoms with Crippen LogP contribution < -0.4 is 5.73 Å². The van der Waals surface area contributed by atoms with Crippen LogP contribution in [0.2, 0.25) is 0 Å². The lowest BCUT2D eigenvalue weighted by atomic mass is 9.94. The molecule has 1 saturated heterocycles. The third-order valence-electron chi connectivity index (χ3n) is 2.99. The lowest BCUT2D eigenvalue weighted by Crippen LogP contribution is -2.40. The summed E-state index contributed by atoms with van der Waals surface area (Å²) in [5, 5.41) is 0. The molecule has 1 heterocycles. The fourth-order valence-corrected chi connectivity index (χ4v) is 3.09. The van der Waals surface area contributed by atoms with Crippen molar-refractivity contribution in [2.24, 2.45) is 11.7 Å². The van der Waals surface area contributed by atoms with E-state index < -0.39 is 10.0 Å². The second-order valence-corrected chi connectivity index (χ2v) is 6.70. The Morgan fingerprint density at radius 2 is 2.22 bits per heavy atom. The van der Waals surface area contributed by atoms with Gasteiger partial charge in [0.25, 0.3) is 0 Å². The average molecular weight is 278 g/mol. The van der Waals surface area contributed by atoms with Gasteiger partial charge in [0.15, 0.2) is 5.78 Å². The molecule has 0 aromatic carbocycles. The van der Waals surface area contributed by atoms with Crippen LogP contribution >= 0.6 is 0 Å². The van der Waals surface area contributed by atoms with Crippen molar-refractivity contribution >= 4 is 15.8 Å². The molecule has 0 aromatic rings. The monoisotopic (exact) mass is 278 g/mol. The third kappa shape index (κ3) is 5.43. The van der Waals surface area contributed by atoms with E-state index in [0.29, 0.717) is 32.7 Å². The highest BCUT2D eigenvalue weighted by Gasteiger charge is 2.27. The van der Waals surface area contributed by atoms with Crippen molar-refractivity contribution in [2.75, 3.05) is 39.1 Å². The van der Waals surface area contributed by atoms with Crippen molar-refractivity contribution in [3.8, 4) is 0 Å². The lowest BCUT2D eigenvalue weighted by Gasteiger charge is -2.30. The first-order chi connectivity index (χ1) is 8.43. The maximum atomic E-state index is 11.6. The molecule has 1 rings (SSSR count). The first kappa shape index (κ1) is 15.6. The first-order valence-corrected chi connectivity index (χ1v) is 8.03. The molecule has 106 valence electrons. The zero-order valence-electron chi connectivity index (χ0n) is 10.8. The quantitative estimate of drug-likeness (QED) is 0.640. The van der Waals surface area contributed by atoms with Gasteiger partial charge in [-0.25, -0.2) is 12.7 Å². The maximum Gasteiger partial charge on any atom is 0.211 e. The van der Waals surface area contributed by atoms with E-state index in [2.05, 4.69) is 0 Å². The van der Waals surface area contributed by atoms with E-state index in [-0.39, 0.29) is 18.3 Å². The molecule has 2 N–H and O–H groups in total. The van der Waals surface area contributed by atoms with E-state index in [9.17, 15) is 13.2 Å². The molecule has 0 spiro atoms. The molecule has 1 unspecified atom stereocenters. The van der Waals surface area contributed by atoms with E-state index in [0.717, 1.165) is 12.8 Å². The Labute approximate surface area is 109 Å². The molecule has 1 aliphatic rings. The number of ether oxygens (including phenoxy) is 1. The van der Waals surface area contributed by atoms with Gasteiger partial charge >= 0.3 is 0 Å². The molecule has 0 bridgehead atoms. The van der Waals surface area contributed by atoms with E-state index in [4.69, 9.17) is 10.5 Å². The second-order valence-electron chi connectivity index (χ2n) is 4.71. The van der Waals surface area contributed by atoms with E-state index in [1.807, 2.05) is 0 Å². The molecule has 7 heteroatoms. The zero-order chi connectivity index (χ0) is 13.6. The minimum absolute atomic E-state index is 0.0174. The maximum absolute atomic E-state index is 11.6. The molecule has 0 radical (unpaired) electrons. The van der Waals surface area contributed by atoms with Gasteiger partial charge in [0, 0.05) is 26.1 Å². The van der Waals surface area contributed by atoms with Gasteiger partial charge < -0.3 is 10.5 Å². The second kappa shape index (κ2) is 7.18. The largest absolute Gasteiger partial charge is 0.372 e. The van der Waals surface area contributed by atoms with Gasteiger partial charge in [-0.2, -0.15) is 0 Å².